The maximum Gasteiger partial charge on any atom is 0.417 e. The maximum atomic E-state index is 12.8. The Morgan fingerprint density at radius 1 is 1.42 bits per heavy atom. The van der Waals surface area contributed by atoms with Crippen LogP contribution in [-0.4, -0.2) is 13.1 Å². The van der Waals surface area contributed by atoms with Gasteiger partial charge in [-0.3, -0.25) is 4.79 Å². The monoisotopic (exact) mass is 292 g/mol. The molecule has 0 spiro atoms. The molecule has 1 aromatic carbocycles. The van der Waals surface area contributed by atoms with Gasteiger partial charge in [-0.25, -0.2) is 0 Å². The van der Waals surface area contributed by atoms with Crippen LogP contribution in [0.5, 0.6) is 0 Å². The first-order chi connectivity index (χ1) is 8.84. The molecule has 1 aromatic rings. The van der Waals surface area contributed by atoms with Crippen molar-refractivity contribution in [1.82, 2.24) is 0 Å². The topological polar surface area (TPSA) is 26.3 Å². The molecule has 0 aliphatic heterocycles. The molecule has 19 heavy (non-hydrogen) atoms. The number of carbonyl (C=O) groups is 1. The average molecular weight is 293 g/mol. The molecule has 104 valence electrons. The van der Waals surface area contributed by atoms with Gasteiger partial charge in [-0.2, -0.15) is 13.2 Å². The highest BCUT2D eigenvalue weighted by molar-refractivity contribution is 6.31. The third-order valence-corrected chi connectivity index (χ3v) is 3.53. The highest BCUT2D eigenvalue weighted by Gasteiger charge is 2.40. The number of benzene rings is 1. The van der Waals surface area contributed by atoms with E-state index in [9.17, 15) is 18.0 Å². The number of rotatable bonds is 3. The van der Waals surface area contributed by atoms with E-state index >= 15 is 0 Å². The first kappa shape index (κ1) is 14.2. The summed E-state index contributed by atoms with van der Waals surface area (Å²) in [5.74, 6) is -1.07. The summed E-state index contributed by atoms with van der Waals surface area (Å²) in [6.45, 7) is 0. The van der Waals surface area contributed by atoms with Gasteiger partial charge in [0.25, 0.3) is 0 Å². The molecule has 2 rings (SSSR count). The van der Waals surface area contributed by atoms with Crippen molar-refractivity contribution in [2.45, 2.75) is 24.9 Å². The summed E-state index contributed by atoms with van der Waals surface area (Å²) in [6, 6.07) is 3.58. The van der Waals surface area contributed by atoms with Crippen molar-refractivity contribution in [3.8, 4) is 0 Å². The minimum absolute atomic E-state index is 0.0645. The van der Waals surface area contributed by atoms with Crippen molar-refractivity contribution in [2.75, 3.05) is 7.11 Å². The minimum Gasteiger partial charge on any atom is -0.469 e. The normalized spacial score (nSPS) is 17.1. The number of hydrogen-bond acceptors (Lipinski definition) is 2. The van der Waals surface area contributed by atoms with Crippen LogP contribution in [0.3, 0.4) is 0 Å². The van der Waals surface area contributed by atoms with Crippen molar-refractivity contribution >= 4 is 17.6 Å². The Bertz CT molecular complexity index is 495. The molecule has 1 aliphatic carbocycles. The lowest BCUT2D eigenvalue weighted by Crippen LogP contribution is -2.17. The van der Waals surface area contributed by atoms with E-state index in [2.05, 4.69) is 4.74 Å². The second-order valence-electron chi connectivity index (χ2n) is 4.58. The van der Waals surface area contributed by atoms with Crippen molar-refractivity contribution in [2.24, 2.45) is 5.92 Å². The van der Waals surface area contributed by atoms with E-state index in [1.807, 2.05) is 0 Å². The third kappa shape index (κ3) is 3.03. The van der Waals surface area contributed by atoms with E-state index in [-0.39, 0.29) is 10.9 Å². The predicted molar refractivity (Wildman–Crippen MR) is 63.9 cm³/mol. The largest absolute Gasteiger partial charge is 0.469 e. The molecule has 0 amide bonds. The summed E-state index contributed by atoms with van der Waals surface area (Å²) in [4.78, 5) is 11.7. The van der Waals surface area contributed by atoms with Crippen LogP contribution in [0.2, 0.25) is 5.02 Å². The summed E-state index contributed by atoms with van der Waals surface area (Å²) in [5.41, 5.74) is -0.604. The van der Waals surface area contributed by atoms with Gasteiger partial charge in [0.1, 0.15) is 0 Å². The van der Waals surface area contributed by atoms with Crippen LogP contribution in [0, 0.1) is 5.92 Å². The van der Waals surface area contributed by atoms with Gasteiger partial charge in [-0.15, -0.1) is 0 Å². The summed E-state index contributed by atoms with van der Waals surface area (Å²) in [7, 11) is 1.23. The lowest BCUT2D eigenvalue weighted by atomic mass is 9.93. The molecular weight excluding hydrogens is 281 g/mol. The zero-order chi connectivity index (χ0) is 14.2. The van der Waals surface area contributed by atoms with Crippen LogP contribution in [0.1, 0.15) is 29.9 Å². The standard InChI is InChI=1S/C13H12ClF3O2/c1-19-12(18)11(7-2-3-7)8-4-5-10(14)9(6-8)13(15,16)17/h4-7,11H,2-3H2,1H3. The van der Waals surface area contributed by atoms with Gasteiger partial charge in [0.15, 0.2) is 0 Å². The minimum atomic E-state index is -4.53. The second-order valence-corrected chi connectivity index (χ2v) is 4.98. The van der Waals surface area contributed by atoms with E-state index in [4.69, 9.17) is 11.6 Å². The van der Waals surface area contributed by atoms with Gasteiger partial charge in [-0.05, 0) is 36.5 Å². The Hall–Kier alpha value is -1.23. The first-order valence-electron chi connectivity index (χ1n) is 5.79. The SMILES string of the molecule is COC(=O)C(c1ccc(Cl)c(C(F)(F)F)c1)C1CC1. The van der Waals surface area contributed by atoms with E-state index in [0.29, 0.717) is 5.56 Å². The van der Waals surface area contributed by atoms with Gasteiger partial charge in [-0.1, -0.05) is 17.7 Å². The van der Waals surface area contributed by atoms with Gasteiger partial charge >= 0.3 is 12.1 Å². The van der Waals surface area contributed by atoms with E-state index in [0.717, 1.165) is 18.9 Å². The highest BCUT2D eigenvalue weighted by Crippen LogP contribution is 2.45. The molecular formula is C13H12ClF3O2. The van der Waals surface area contributed by atoms with Crippen LogP contribution in [0.15, 0.2) is 18.2 Å². The van der Waals surface area contributed by atoms with Gasteiger partial charge in [0, 0.05) is 0 Å². The highest BCUT2D eigenvalue weighted by atomic mass is 35.5. The van der Waals surface area contributed by atoms with Crippen LogP contribution < -0.4 is 0 Å². The number of ether oxygens (including phenoxy) is 1. The van der Waals surface area contributed by atoms with Crippen molar-refractivity contribution in [3.05, 3.63) is 34.3 Å². The summed E-state index contributed by atoms with van der Waals surface area (Å²) in [5, 5.41) is -0.365. The van der Waals surface area contributed by atoms with Crippen molar-refractivity contribution < 1.29 is 22.7 Å². The van der Waals surface area contributed by atoms with Crippen LogP contribution in [0.4, 0.5) is 13.2 Å². The Morgan fingerprint density at radius 2 is 2.05 bits per heavy atom. The first-order valence-corrected chi connectivity index (χ1v) is 6.17. The van der Waals surface area contributed by atoms with Crippen LogP contribution >= 0.6 is 11.6 Å². The molecule has 1 fully saturated rings. The lowest BCUT2D eigenvalue weighted by Gasteiger charge is -2.17. The average Bonchev–Trinajstić information content (AvgIpc) is 3.14. The van der Waals surface area contributed by atoms with Crippen LogP contribution in [0.25, 0.3) is 0 Å². The Morgan fingerprint density at radius 3 is 2.53 bits per heavy atom. The Labute approximate surface area is 113 Å². The number of carbonyl (C=O) groups excluding carboxylic acids is 1. The molecule has 0 N–H and O–H groups in total. The molecule has 0 saturated heterocycles. The summed E-state index contributed by atoms with van der Waals surface area (Å²) in [6.07, 6.45) is -2.88. The molecule has 0 bridgehead atoms. The summed E-state index contributed by atoms with van der Waals surface area (Å²) >= 11 is 5.56. The predicted octanol–water partition coefficient (Wildman–Crippen LogP) is 4.03. The van der Waals surface area contributed by atoms with E-state index in [1.54, 1.807) is 0 Å². The number of hydrogen-bond donors (Lipinski definition) is 0. The number of methoxy groups -OCH3 is 1. The molecule has 0 heterocycles. The van der Waals surface area contributed by atoms with E-state index in [1.165, 1.54) is 19.2 Å². The van der Waals surface area contributed by atoms with Crippen molar-refractivity contribution in [1.29, 1.82) is 0 Å². The van der Waals surface area contributed by atoms with E-state index < -0.39 is 23.6 Å². The fraction of sp³-hybridized carbons (Fsp3) is 0.462. The van der Waals surface area contributed by atoms with Crippen molar-refractivity contribution in [3.63, 3.8) is 0 Å². The van der Waals surface area contributed by atoms with Gasteiger partial charge < -0.3 is 4.74 Å². The molecule has 1 aliphatic rings. The number of halogens is 4. The fourth-order valence-electron chi connectivity index (χ4n) is 2.11. The van der Waals surface area contributed by atoms with Crippen LogP contribution in [-0.2, 0) is 15.7 Å². The number of esters is 1. The Balaban J connectivity index is 2.41. The fourth-order valence-corrected chi connectivity index (χ4v) is 2.34. The maximum absolute atomic E-state index is 12.8. The molecule has 2 nitrogen and oxygen atoms in total. The smallest absolute Gasteiger partial charge is 0.417 e. The zero-order valence-electron chi connectivity index (χ0n) is 10.1. The number of alkyl halides is 3. The summed E-state index contributed by atoms with van der Waals surface area (Å²) < 4.78 is 43.0. The molecule has 1 atom stereocenters. The lowest BCUT2D eigenvalue weighted by molar-refractivity contribution is -0.143. The molecule has 6 heteroatoms. The van der Waals surface area contributed by atoms with Gasteiger partial charge in [0.2, 0.25) is 0 Å². The van der Waals surface area contributed by atoms with Gasteiger partial charge in [0.05, 0.1) is 23.6 Å². The quantitative estimate of drug-likeness (QED) is 0.786. The molecule has 0 aromatic heterocycles. The zero-order valence-corrected chi connectivity index (χ0v) is 10.9. The molecule has 0 radical (unpaired) electrons. The second kappa shape index (κ2) is 5.04. The molecule has 1 saturated carbocycles. The Kier molecular flexibility index (Phi) is 3.76. The molecule has 1 unspecified atom stereocenters. The third-order valence-electron chi connectivity index (χ3n) is 3.20.